The van der Waals surface area contributed by atoms with E-state index < -0.39 is 48.9 Å². The predicted molar refractivity (Wildman–Crippen MR) is 89.6 cm³/mol. The van der Waals surface area contributed by atoms with Crippen molar-refractivity contribution < 1.29 is 26.3 Å². The van der Waals surface area contributed by atoms with Gasteiger partial charge in [-0.2, -0.15) is 0 Å². The molecule has 152 valence electrons. The van der Waals surface area contributed by atoms with Crippen molar-refractivity contribution in [2.45, 2.75) is 87.9 Å². The minimum Gasteiger partial charge on any atom is -0.247 e. The van der Waals surface area contributed by atoms with E-state index in [0.29, 0.717) is 0 Å². The Morgan fingerprint density at radius 3 is 1.69 bits per heavy atom. The van der Waals surface area contributed by atoms with Crippen molar-refractivity contribution in [3.63, 3.8) is 0 Å². The van der Waals surface area contributed by atoms with E-state index in [-0.39, 0.29) is 42.9 Å². The highest BCUT2D eigenvalue weighted by Gasteiger charge is 2.51. The highest BCUT2D eigenvalue weighted by Crippen LogP contribution is 2.49. The zero-order chi connectivity index (χ0) is 19.0. The summed E-state index contributed by atoms with van der Waals surface area (Å²) in [7, 11) is 0. The number of alkyl halides is 7. The lowest BCUT2D eigenvalue weighted by Gasteiger charge is -2.45. The van der Waals surface area contributed by atoms with Crippen molar-refractivity contribution in [3.05, 3.63) is 0 Å². The van der Waals surface area contributed by atoms with E-state index >= 15 is 0 Å². The van der Waals surface area contributed by atoms with Crippen molar-refractivity contribution in [2.75, 3.05) is 0 Å². The molecule has 0 aromatic rings. The first-order valence-corrected chi connectivity index (χ1v) is 10.2. The third-order valence-corrected chi connectivity index (χ3v) is 7.33. The van der Waals surface area contributed by atoms with Gasteiger partial charge < -0.3 is 0 Å². The summed E-state index contributed by atoms with van der Waals surface area (Å²) in [5.74, 6) is -3.81. The number of halogens is 7. The van der Waals surface area contributed by atoms with E-state index in [1.165, 1.54) is 0 Å². The molecule has 6 unspecified atom stereocenters. The minimum absolute atomic E-state index is 0.0480. The summed E-state index contributed by atoms with van der Waals surface area (Å²) in [6.45, 7) is 0. The van der Waals surface area contributed by atoms with Gasteiger partial charge in [-0.15, -0.1) is 11.6 Å². The molecule has 0 N–H and O–H groups in total. The van der Waals surface area contributed by atoms with Crippen LogP contribution in [0.3, 0.4) is 0 Å². The summed E-state index contributed by atoms with van der Waals surface area (Å²) in [6.07, 6.45) is -6.97. The fraction of sp³-hybridized carbons (Fsp3) is 1.00. The molecule has 0 heterocycles. The maximum Gasteiger partial charge on any atom is 0.247 e. The molecule has 0 amide bonds. The lowest BCUT2D eigenvalue weighted by molar-refractivity contribution is -0.0869. The van der Waals surface area contributed by atoms with E-state index in [2.05, 4.69) is 0 Å². The van der Waals surface area contributed by atoms with Crippen molar-refractivity contribution in [2.24, 2.45) is 29.6 Å². The van der Waals surface area contributed by atoms with Crippen molar-refractivity contribution in [1.29, 1.82) is 0 Å². The van der Waals surface area contributed by atoms with Gasteiger partial charge in [-0.25, -0.2) is 26.3 Å². The van der Waals surface area contributed by atoms with Crippen LogP contribution >= 0.6 is 11.6 Å². The van der Waals surface area contributed by atoms with E-state index in [4.69, 9.17) is 11.6 Å². The number of hydrogen-bond acceptors (Lipinski definition) is 0. The van der Waals surface area contributed by atoms with E-state index in [1.54, 1.807) is 0 Å². The molecule has 3 saturated carbocycles. The van der Waals surface area contributed by atoms with Gasteiger partial charge in [-0.05, 0) is 56.3 Å². The van der Waals surface area contributed by atoms with E-state index in [9.17, 15) is 26.3 Å². The second-order valence-corrected chi connectivity index (χ2v) is 9.16. The van der Waals surface area contributed by atoms with Crippen LogP contribution in [0.15, 0.2) is 0 Å². The van der Waals surface area contributed by atoms with Gasteiger partial charge in [0.2, 0.25) is 6.43 Å². The van der Waals surface area contributed by atoms with Crippen LogP contribution in [0.1, 0.15) is 51.4 Å². The Kier molecular flexibility index (Phi) is 6.72. The Balaban J connectivity index is 1.63. The molecule has 3 rings (SSSR count). The van der Waals surface area contributed by atoms with Gasteiger partial charge in [0.1, 0.15) is 24.7 Å². The van der Waals surface area contributed by atoms with Crippen LogP contribution in [0.4, 0.5) is 26.3 Å². The Hall–Kier alpha value is -0.130. The first-order valence-electron chi connectivity index (χ1n) is 9.76. The maximum absolute atomic E-state index is 14.8. The molecule has 0 saturated heterocycles. The Bertz CT molecular complexity index is 439. The van der Waals surface area contributed by atoms with Crippen LogP contribution in [0.5, 0.6) is 0 Å². The second-order valence-electron chi connectivity index (χ2n) is 8.54. The smallest absolute Gasteiger partial charge is 0.247 e. The van der Waals surface area contributed by atoms with Crippen molar-refractivity contribution >= 4 is 11.6 Å². The fourth-order valence-corrected chi connectivity index (χ4v) is 6.01. The Labute approximate surface area is 156 Å². The minimum atomic E-state index is -3.09. The lowest BCUT2D eigenvalue weighted by atomic mass is 9.63. The van der Waals surface area contributed by atoms with E-state index in [1.807, 2.05) is 0 Å². The summed E-state index contributed by atoms with van der Waals surface area (Å²) in [5, 5.41) is 0.0480. The molecule has 0 radical (unpaired) electrons. The first-order chi connectivity index (χ1) is 12.3. The van der Waals surface area contributed by atoms with Crippen LogP contribution in [0, 0.1) is 29.6 Å². The molecule has 0 aromatic carbocycles. The molecule has 0 spiro atoms. The molecule has 7 heteroatoms. The summed E-state index contributed by atoms with van der Waals surface area (Å²) in [5.41, 5.74) is 0. The zero-order valence-electron chi connectivity index (χ0n) is 14.7. The molecule has 26 heavy (non-hydrogen) atoms. The highest BCUT2D eigenvalue weighted by atomic mass is 35.5. The largest absolute Gasteiger partial charge is 0.247 e. The molecule has 0 aromatic heterocycles. The van der Waals surface area contributed by atoms with Gasteiger partial charge in [0.15, 0.2) is 0 Å². The average Bonchev–Trinajstić information content (AvgIpc) is 2.53. The maximum atomic E-state index is 14.8. The van der Waals surface area contributed by atoms with Crippen LogP contribution in [-0.2, 0) is 0 Å². The van der Waals surface area contributed by atoms with Gasteiger partial charge in [0.05, 0.1) is 5.92 Å². The SMILES string of the molecule is FC(F)C1C(F)CC(C2C(F)CC(C3CCCC(Cl)C3)CC2F)CC1F. The Morgan fingerprint density at radius 1 is 0.654 bits per heavy atom. The molecule has 0 bridgehead atoms. The van der Waals surface area contributed by atoms with Gasteiger partial charge in [-0.1, -0.05) is 12.8 Å². The topological polar surface area (TPSA) is 0 Å². The molecule has 3 fully saturated rings. The molecule has 3 aliphatic carbocycles. The molecule has 0 nitrogen and oxygen atoms in total. The summed E-state index contributed by atoms with van der Waals surface area (Å²) in [6, 6.07) is 0. The van der Waals surface area contributed by atoms with Gasteiger partial charge in [0, 0.05) is 11.3 Å². The summed E-state index contributed by atoms with van der Waals surface area (Å²) < 4.78 is 83.3. The normalized spacial score (nSPS) is 50.8. The summed E-state index contributed by atoms with van der Waals surface area (Å²) in [4.78, 5) is 0. The second kappa shape index (κ2) is 8.48. The molecule has 3 aliphatic rings. The predicted octanol–water partition coefficient (Wildman–Crippen LogP) is 6.45. The molecular weight excluding hydrogens is 378 g/mol. The zero-order valence-corrected chi connectivity index (χ0v) is 15.4. The van der Waals surface area contributed by atoms with Crippen LogP contribution in [0.2, 0.25) is 0 Å². The lowest BCUT2D eigenvalue weighted by Crippen LogP contribution is -2.48. The van der Waals surface area contributed by atoms with E-state index in [0.717, 1.165) is 25.7 Å². The first kappa shape index (κ1) is 20.6. The standard InChI is InChI=1S/C19H27ClF6/c20-12-3-1-2-9(4-12)10-5-13(21)17(14(22)6-10)11-7-15(23)18(19(25)26)16(24)8-11/h9-19H,1-8H2. The third kappa shape index (κ3) is 4.30. The number of rotatable bonds is 3. The summed E-state index contributed by atoms with van der Waals surface area (Å²) >= 11 is 6.19. The average molecular weight is 405 g/mol. The highest BCUT2D eigenvalue weighted by molar-refractivity contribution is 6.20. The molecular formula is C19H27ClF6. The molecule has 0 aliphatic heterocycles. The van der Waals surface area contributed by atoms with Crippen LogP contribution in [-0.4, -0.2) is 36.5 Å². The van der Waals surface area contributed by atoms with Crippen molar-refractivity contribution in [3.8, 4) is 0 Å². The van der Waals surface area contributed by atoms with Gasteiger partial charge in [-0.3, -0.25) is 0 Å². The third-order valence-electron chi connectivity index (χ3n) is 6.93. The van der Waals surface area contributed by atoms with Crippen molar-refractivity contribution in [1.82, 2.24) is 0 Å². The monoisotopic (exact) mass is 404 g/mol. The van der Waals surface area contributed by atoms with Crippen LogP contribution in [0.25, 0.3) is 0 Å². The van der Waals surface area contributed by atoms with Gasteiger partial charge >= 0.3 is 0 Å². The Morgan fingerprint density at radius 2 is 1.19 bits per heavy atom. The fourth-order valence-electron chi connectivity index (χ4n) is 5.63. The quantitative estimate of drug-likeness (QED) is 0.374. The van der Waals surface area contributed by atoms with Gasteiger partial charge in [0.25, 0.3) is 0 Å². The number of hydrogen-bond donors (Lipinski definition) is 0. The molecule has 6 atom stereocenters. The van der Waals surface area contributed by atoms with Crippen LogP contribution < -0.4 is 0 Å².